The zero-order chi connectivity index (χ0) is 19.7. The molecule has 3 rings (SSSR count). The molecule has 3 amide bonds. The summed E-state index contributed by atoms with van der Waals surface area (Å²) in [5.74, 6) is 0.871. The van der Waals surface area contributed by atoms with Crippen LogP contribution in [0.3, 0.4) is 0 Å². The van der Waals surface area contributed by atoms with E-state index in [0.29, 0.717) is 0 Å². The van der Waals surface area contributed by atoms with Crippen molar-refractivity contribution in [3.8, 4) is 0 Å². The summed E-state index contributed by atoms with van der Waals surface area (Å²) >= 11 is 0. The zero-order valence-electron chi connectivity index (χ0n) is 17.5. The molecule has 0 radical (unpaired) electrons. The number of rotatable bonds is 4. The first-order chi connectivity index (χ1) is 12.8. The number of carbonyl (C=O) groups is 2. The van der Waals surface area contributed by atoms with Gasteiger partial charge in [0, 0.05) is 32.2 Å². The van der Waals surface area contributed by atoms with Crippen LogP contribution in [0.15, 0.2) is 4.99 Å². The van der Waals surface area contributed by atoms with Gasteiger partial charge in [-0.05, 0) is 52.6 Å². The van der Waals surface area contributed by atoms with E-state index in [-0.39, 0.29) is 47.4 Å². The number of likely N-dealkylation sites (tertiary alicyclic amines) is 1. The molecule has 0 spiro atoms. The second-order valence-electron chi connectivity index (χ2n) is 8.60. The standard InChI is InChI=1S/C19H34N6O2.HI/c1-18(15(26)22-17(27)23-18)14-7-11-25(12-8-14)16(20-2)21-13-19(24(3)4)9-5-6-10-19;/h14H,5-13H2,1-4H3,(H,20,21)(H2,22,23,26,27);1H. The predicted molar refractivity (Wildman–Crippen MR) is 121 cm³/mol. The highest BCUT2D eigenvalue weighted by Crippen LogP contribution is 2.33. The number of guanidine groups is 1. The number of halogens is 1. The third-order valence-electron chi connectivity index (χ3n) is 6.95. The summed E-state index contributed by atoms with van der Waals surface area (Å²) in [6.45, 7) is 4.40. The van der Waals surface area contributed by atoms with Crippen molar-refractivity contribution < 1.29 is 9.59 Å². The second kappa shape index (κ2) is 9.15. The lowest BCUT2D eigenvalue weighted by Crippen LogP contribution is -2.57. The fourth-order valence-electron chi connectivity index (χ4n) is 4.90. The third kappa shape index (κ3) is 4.39. The Kier molecular flexibility index (Phi) is 7.57. The minimum absolute atomic E-state index is 0. The number of nitrogens with one attached hydrogen (secondary N) is 3. The average molecular weight is 506 g/mol. The summed E-state index contributed by atoms with van der Waals surface area (Å²) in [4.78, 5) is 32.8. The fourth-order valence-corrected chi connectivity index (χ4v) is 4.90. The number of hydrogen-bond donors (Lipinski definition) is 3. The summed E-state index contributed by atoms with van der Waals surface area (Å²) in [6.07, 6.45) is 6.72. The van der Waals surface area contributed by atoms with Gasteiger partial charge in [-0.25, -0.2) is 4.79 Å². The third-order valence-corrected chi connectivity index (χ3v) is 6.95. The van der Waals surface area contributed by atoms with Gasteiger partial charge < -0.3 is 20.4 Å². The van der Waals surface area contributed by atoms with Gasteiger partial charge in [0.25, 0.3) is 5.91 Å². The van der Waals surface area contributed by atoms with Crippen LogP contribution in [0, 0.1) is 5.92 Å². The maximum absolute atomic E-state index is 12.2. The van der Waals surface area contributed by atoms with Crippen LogP contribution < -0.4 is 16.0 Å². The molecule has 3 aliphatic rings. The number of nitrogens with zero attached hydrogens (tertiary/aromatic N) is 3. The maximum Gasteiger partial charge on any atom is 0.322 e. The van der Waals surface area contributed by atoms with Crippen LogP contribution in [-0.4, -0.2) is 79.6 Å². The number of aliphatic imine (C=N–C) groups is 1. The predicted octanol–water partition coefficient (Wildman–Crippen LogP) is 1.36. The molecular formula is C19H35IN6O2. The first kappa shape index (κ1) is 23.2. The number of likely N-dealkylation sites (N-methyl/N-ethyl adjacent to an activating group) is 1. The fraction of sp³-hybridized carbons (Fsp3) is 0.842. The number of imide groups is 1. The quantitative estimate of drug-likeness (QED) is 0.232. The van der Waals surface area contributed by atoms with Crippen molar-refractivity contribution in [2.45, 2.75) is 56.5 Å². The van der Waals surface area contributed by atoms with Crippen LogP contribution in [0.5, 0.6) is 0 Å². The zero-order valence-corrected chi connectivity index (χ0v) is 19.8. The van der Waals surface area contributed by atoms with Crippen LogP contribution in [-0.2, 0) is 4.79 Å². The molecule has 1 unspecified atom stereocenters. The van der Waals surface area contributed by atoms with Crippen LogP contribution in [0.2, 0.25) is 0 Å². The van der Waals surface area contributed by atoms with Crippen molar-refractivity contribution in [3.05, 3.63) is 0 Å². The van der Waals surface area contributed by atoms with Crippen molar-refractivity contribution in [3.63, 3.8) is 0 Å². The lowest BCUT2D eigenvalue weighted by molar-refractivity contribution is -0.125. The summed E-state index contributed by atoms with van der Waals surface area (Å²) in [5, 5.41) is 8.79. The molecule has 1 saturated carbocycles. The van der Waals surface area contributed by atoms with Gasteiger partial charge in [0.05, 0.1) is 0 Å². The van der Waals surface area contributed by atoms with Gasteiger partial charge in [0.1, 0.15) is 5.54 Å². The van der Waals surface area contributed by atoms with E-state index in [4.69, 9.17) is 0 Å². The van der Waals surface area contributed by atoms with E-state index in [0.717, 1.165) is 38.4 Å². The van der Waals surface area contributed by atoms with E-state index >= 15 is 0 Å². The highest BCUT2D eigenvalue weighted by atomic mass is 127. The SMILES string of the molecule is CN=C(NCC1(N(C)C)CCCC1)N1CCC(C2(C)NC(=O)NC2=O)CC1.I. The normalized spacial score (nSPS) is 28.2. The van der Waals surface area contributed by atoms with Gasteiger partial charge in [0.15, 0.2) is 5.96 Å². The Morgan fingerprint density at radius 3 is 2.32 bits per heavy atom. The summed E-state index contributed by atoms with van der Waals surface area (Å²) in [7, 11) is 6.17. The van der Waals surface area contributed by atoms with Crippen LogP contribution in [0.25, 0.3) is 0 Å². The Labute approximate surface area is 185 Å². The number of urea groups is 1. The van der Waals surface area contributed by atoms with Crippen molar-refractivity contribution >= 4 is 41.9 Å². The Bertz CT molecular complexity index is 612. The highest BCUT2D eigenvalue weighted by Gasteiger charge is 2.48. The minimum Gasteiger partial charge on any atom is -0.354 e. The van der Waals surface area contributed by atoms with Gasteiger partial charge >= 0.3 is 6.03 Å². The molecule has 1 aliphatic carbocycles. The lowest BCUT2D eigenvalue weighted by atomic mass is 9.79. The number of amides is 3. The second-order valence-corrected chi connectivity index (χ2v) is 8.60. The molecule has 3 N–H and O–H groups in total. The molecule has 2 aliphatic heterocycles. The summed E-state index contributed by atoms with van der Waals surface area (Å²) in [6, 6.07) is -0.382. The molecule has 0 bridgehead atoms. The monoisotopic (exact) mass is 506 g/mol. The molecule has 9 heteroatoms. The van der Waals surface area contributed by atoms with E-state index in [2.05, 4.69) is 44.8 Å². The molecule has 2 heterocycles. The van der Waals surface area contributed by atoms with E-state index in [1.807, 2.05) is 14.0 Å². The van der Waals surface area contributed by atoms with E-state index in [1.54, 1.807) is 0 Å². The first-order valence-corrected chi connectivity index (χ1v) is 10.1. The van der Waals surface area contributed by atoms with Crippen molar-refractivity contribution in [2.75, 3.05) is 40.8 Å². The largest absolute Gasteiger partial charge is 0.354 e. The van der Waals surface area contributed by atoms with Gasteiger partial charge in [-0.1, -0.05) is 12.8 Å². The molecule has 8 nitrogen and oxygen atoms in total. The molecule has 28 heavy (non-hydrogen) atoms. The van der Waals surface area contributed by atoms with E-state index < -0.39 is 5.54 Å². The lowest BCUT2D eigenvalue weighted by Gasteiger charge is -2.41. The van der Waals surface area contributed by atoms with Gasteiger partial charge in [0.2, 0.25) is 0 Å². The summed E-state index contributed by atoms with van der Waals surface area (Å²) < 4.78 is 0. The van der Waals surface area contributed by atoms with Crippen LogP contribution in [0.1, 0.15) is 45.4 Å². The van der Waals surface area contributed by atoms with Crippen molar-refractivity contribution in [2.24, 2.45) is 10.9 Å². The van der Waals surface area contributed by atoms with Gasteiger partial charge in [-0.3, -0.25) is 15.1 Å². The molecule has 0 aromatic heterocycles. The number of piperidine rings is 1. The molecular weight excluding hydrogens is 471 g/mol. The molecule has 160 valence electrons. The number of carbonyl (C=O) groups excluding carboxylic acids is 2. The van der Waals surface area contributed by atoms with Crippen molar-refractivity contribution in [1.29, 1.82) is 0 Å². The Morgan fingerprint density at radius 1 is 1.25 bits per heavy atom. The Balaban J connectivity index is 0.00000280. The minimum atomic E-state index is -0.793. The topological polar surface area (TPSA) is 89.1 Å². The molecule has 1 atom stereocenters. The molecule has 0 aromatic carbocycles. The van der Waals surface area contributed by atoms with Crippen molar-refractivity contribution in [1.82, 2.24) is 25.8 Å². The average Bonchev–Trinajstić information content (AvgIpc) is 3.22. The van der Waals surface area contributed by atoms with Crippen LogP contribution in [0.4, 0.5) is 4.79 Å². The smallest absolute Gasteiger partial charge is 0.322 e. The van der Waals surface area contributed by atoms with Crippen LogP contribution >= 0.6 is 24.0 Å². The highest BCUT2D eigenvalue weighted by molar-refractivity contribution is 14.0. The van der Waals surface area contributed by atoms with E-state index in [9.17, 15) is 9.59 Å². The van der Waals surface area contributed by atoms with E-state index in [1.165, 1.54) is 25.7 Å². The molecule has 0 aromatic rings. The van der Waals surface area contributed by atoms with Gasteiger partial charge in [-0.2, -0.15) is 0 Å². The maximum atomic E-state index is 12.2. The van der Waals surface area contributed by atoms with Gasteiger partial charge in [-0.15, -0.1) is 24.0 Å². The Morgan fingerprint density at radius 2 is 1.86 bits per heavy atom. The number of hydrogen-bond acceptors (Lipinski definition) is 4. The molecule has 2 saturated heterocycles. The molecule has 3 fully saturated rings. The summed E-state index contributed by atoms with van der Waals surface area (Å²) in [5.41, 5.74) is -0.576. The first-order valence-electron chi connectivity index (χ1n) is 10.1. The Hall–Kier alpha value is -1.10.